The van der Waals surface area contributed by atoms with E-state index in [0.717, 1.165) is 11.3 Å². The van der Waals surface area contributed by atoms with Crippen LogP contribution in [-0.2, 0) is 6.54 Å². The summed E-state index contributed by atoms with van der Waals surface area (Å²) in [5.74, 6) is -0.152. The van der Waals surface area contributed by atoms with Crippen molar-refractivity contribution in [2.45, 2.75) is 6.54 Å². The van der Waals surface area contributed by atoms with Gasteiger partial charge in [-0.1, -0.05) is 12.1 Å². The Morgan fingerprint density at radius 1 is 1.15 bits per heavy atom. The van der Waals surface area contributed by atoms with Crippen LogP contribution in [0.1, 0.15) is 15.9 Å². The molecule has 1 amide bonds. The maximum absolute atomic E-state index is 12.2. The topological polar surface area (TPSA) is 36.7 Å². The number of rotatable bonds is 4. The molecule has 0 aliphatic carbocycles. The number of hydrogen-bond donors (Lipinski definition) is 0. The Balaban J connectivity index is 2.06. The number of anilines is 1. The highest BCUT2D eigenvalue weighted by molar-refractivity contribution is 6.32. The van der Waals surface area contributed by atoms with Crippen LogP contribution in [0.4, 0.5) is 5.69 Å². The molecule has 1 aromatic heterocycles. The molecule has 1 aromatic carbocycles. The summed E-state index contributed by atoms with van der Waals surface area (Å²) in [7, 11) is 5.72. The minimum Gasteiger partial charge on any atom is -0.452 e. The lowest BCUT2D eigenvalue weighted by atomic mass is 10.2. The summed E-state index contributed by atoms with van der Waals surface area (Å²) in [5, 5.41) is 0.129. The van der Waals surface area contributed by atoms with E-state index >= 15 is 0 Å². The first-order valence-corrected chi connectivity index (χ1v) is 6.61. The fraction of sp³-hybridized carbons (Fsp3) is 0.267. The van der Waals surface area contributed by atoms with Crippen molar-refractivity contribution < 1.29 is 9.21 Å². The van der Waals surface area contributed by atoms with Gasteiger partial charge in [0.1, 0.15) is 0 Å². The van der Waals surface area contributed by atoms with E-state index in [0.29, 0.717) is 12.1 Å². The van der Waals surface area contributed by atoms with Gasteiger partial charge in [0.15, 0.2) is 0 Å². The lowest BCUT2D eigenvalue weighted by Gasteiger charge is -2.18. The molecule has 0 N–H and O–H groups in total. The zero-order chi connectivity index (χ0) is 14.7. The van der Waals surface area contributed by atoms with Crippen molar-refractivity contribution in [2.24, 2.45) is 0 Å². The Morgan fingerprint density at radius 3 is 2.30 bits per heavy atom. The molecule has 0 fully saturated rings. The Labute approximate surface area is 123 Å². The zero-order valence-corrected chi connectivity index (χ0v) is 12.5. The summed E-state index contributed by atoms with van der Waals surface area (Å²) >= 11 is 5.82. The molecule has 2 aromatic rings. The van der Waals surface area contributed by atoms with Crippen LogP contribution in [0, 0.1) is 0 Å². The van der Waals surface area contributed by atoms with Crippen LogP contribution >= 0.6 is 11.6 Å². The third-order valence-electron chi connectivity index (χ3n) is 3.07. The molecule has 0 aliphatic rings. The quantitative estimate of drug-likeness (QED) is 0.868. The minimum atomic E-state index is -0.152. The molecule has 0 saturated carbocycles. The van der Waals surface area contributed by atoms with Crippen LogP contribution in [0.5, 0.6) is 0 Å². The first-order valence-electron chi connectivity index (χ1n) is 6.23. The van der Waals surface area contributed by atoms with E-state index in [-0.39, 0.29) is 11.1 Å². The lowest BCUT2D eigenvalue weighted by molar-refractivity contribution is 0.0784. The van der Waals surface area contributed by atoms with Gasteiger partial charge in [0.05, 0.1) is 11.8 Å². The van der Waals surface area contributed by atoms with E-state index in [9.17, 15) is 4.79 Å². The highest BCUT2D eigenvalue weighted by Crippen LogP contribution is 2.19. The molecule has 0 aliphatic heterocycles. The van der Waals surface area contributed by atoms with E-state index in [2.05, 4.69) is 0 Å². The average Bonchev–Trinajstić information content (AvgIpc) is 2.84. The molecule has 2 rings (SSSR count). The van der Waals surface area contributed by atoms with Gasteiger partial charge in [-0.25, -0.2) is 0 Å². The molecule has 0 atom stereocenters. The fourth-order valence-electron chi connectivity index (χ4n) is 1.90. The first kappa shape index (κ1) is 14.5. The molecule has 0 unspecified atom stereocenters. The second kappa shape index (κ2) is 6.01. The summed E-state index contributed by atoms with van der Waals surface area (Å²) in [6.07, 6.45) is 1.41. The number of nitrogens with zero attached hydrogens (tertiary/aromatic N) is 2. The van der Waals surface area contributed by atoms with E-state index < -0.39 is 0 Å². The summed E-state index contributed by atoms with van der Waals surface area (Å²) in [6.45, 7) is 0.522. The molecule has 106 valence electrons. The third-order valence-corrected chi connectivity index (χ3v) is 3.36. The molecule has 1 heterocycles. The zero-order valence-electron chi connectivity index (χ0n) is 11.8. The molecule has 0 radical (unpaired) electrons. The summed E-state index contributed by atoms with van der Waals surface area (Å²) in [6, 6.07) is 9.65. The van der Waals surface area contributed by atoms with Crippen LogP contribution in [-0.4, -0.2) is 32.0 Å². The molecule has 0 saturated heterocycles. The van der Waals surface area contributed by atoms with Gasteiger partial charge in [0, 0.05) is 33.4 Å². The maximum atomic E-state index is 12.2. The Morgan fingerprint density at radius 2 is 1.80 bits per heavy atom. The summed E-state index contributed by atoms with van der Waals surface area (Å²) in [5.41, 5.74) is 2.57. The van der Waals surface area contributed by atoms with Gasteiger partial charge in [0.25, 0.3) is 5.91 Å². The number of carbonyl (C=O) groups is 1. The number of furan rings is 1. The predicted octanol–water partition coefficient (Wildman–Crippen LogP) is 3.27. The lowest BCUT2D eigenvalue weighted by Crippen LogP contribution is -2.26. The normalized spacial score (nSPS) is 10.4. The number of carbonyl (C=O) groups excluding carboxylic acids is 1. The molecule has 4 nitrogen and oxygen atoms in total. The van der Waals surface area contributed by atoms with E-state index in [1.807, 2.05) is 43.3 Å². The minimum absolute atomic E-state index is 0.129. The maximum Gasteiger partial charge on any atom is 0.258 e. The molecule has 5 heteroatoms. The Bertz CT molecular complexity index is 590. The SMILES string of the molecule is CN(Cc1ccc(N(C)C)cc1)C(=O)c1ccoc1Cl. The fourth-order valence-corrected chi connectivity index (χ4v) is 2.09. The van der Waals surface area contributed by atoms with Crippen LogP contribution in [0.15, 0.2) is 41.0 Å². The van der Waals surface area contributed by atoms with Crippen LogP contribution < -0.4 is 4.90 Å². The van der Waals surface area contributed by atoms with Gasteiger partial charge in [-0.15, -0.1) is 0 Å². The number of amides is 1. The third kappa shape index (κ3) is 3.14. The molecular formula is C15H17ClN2O2. The largest absolute Gasteiger partial charge is 0.452 e. The van der Waals surface area contributed by atoms with Crippen molar-refractivity contribution in [3.63, 3.8) is 0 Å². The van der Waals surface area contributed by atoms with Crippen molar-refractivity contribution in [3.05, 3.63) is 52.9 Å². The van der Waals surface area contributed by atoms with Crippen molar-refractivity contribution >= 4 is 23.2 Å². The monoisotopic (exact) mass is 292 g/mol. The second-order valence-electron chi connectivity index (χ2n) is 4.83. The smallest absolute Gasteiger partial charge is 0.258 e. The van der Waals surface area contributed by atoms with Gasteiger partial charge in [-0.05, 0) is 35.4 Å². The first-order chi connectivity index (χ1) is 9.49. The van der Waals surface area contributed by atoms with Gasteiger partial charge >= 0.3 is 0 Å². The van der Waals surface area contributed by atoms with E-state index in [4.69, 9.17) is 16.0 Å². The average molecular weight is 293 g/mol. The van der Waals surface area contributed by atoms with Crippen molar-refractivity contribution in [1.82, 2.24) is 4.90 Å². The Kier molecular flexibility index (Phi) is 4.35. The standard InChI is InChI=1S/C15H17ClN2O2/c1-17(2)12-6-4-11(5-7-12)10-18(3)15(19)13-8-9-20-14(13)16/h4-9H,10H2,1-3H3. The van der Waals surface area contributed by atoms with Gasteiger partial charge < -0.3 is 14.2 Å². The second-order valence-corrected chi connectivity index (χ2v) is 5.17. The number of halogens is 1. The van der Waals surface area contributed by atoms with Crippen LogP contribution in [0.3, 0.4) is 0 Å². The van der Waals surface area contributed by atoms with Gasteiger partial charge in [-0.2, -0.15) is 0 Å². The van der Waals surface area contributed by atoms with Crippen molar-refractivity contribution in [3.8, 4) is 0 Å². The van der Waals surface area contributed by atoms with Crippen LogP contribution in [0.2, 0.25) is 5.22 Å². The van der Waals surface area contributed by atoms with Crippen LogP contribution in [0.25, 0.3) is 0 Å². The molecule has 0 bridgehead atoms. The molecule has 20 heavy (non-hydrogen) atoms. The number of benzene rings is 1. The summed E-state index contributed by atoms with van der Waals surface area (Å²) in [4.78, 5) is 15.8. The molecular weight excluding hydrogens is 276 g/mol. The molecule has 0 spiro atoms. The number of hydrogen-bond acceptors (Lipinski definition) is 3. The highest BCUT2D eigenvalue weighted by atomic mass is 35.5. The van der Waals surface area contributed by atoms with Crippen molar-refractivity contribution in [1.29, 1.82) is 0 Å². The Hall–Kier alpha value is -1.94. The van der Waals surface area contributed by atoms with E-state index in [1.165, 1.54) is 6.26 Å². The predicted molar refractivity (Wildman–Crippen MR) is 80.3 cm³/mol. The summed E-state index contributed by atoms with van der Waals surface area (Å²) < 4.78 is 4.94. The van der Waals surface area contributed by atoms with Crippen molar-refractivity contribution in [2.75, 3.05) is 26.0 Å². The van der Waals surface area contributed by atoms with Gasteiger partial charge in [0.2, 0.25) is 5.22 Å². The van der Waals surface area contributed by atoms with Gasteiger partial charge in [-0.3, -0.25) is 4.79 Å². The van der Waals surface area contributed by atoms with E-state index in [1.54, 1.807) is 18.0 Å². The highest BCUT2D eigenvalue weighted by Gasteiger charge is 2.17.